The van der Waals surface area contributed by atoms with Crippen molar-refractivity contribution in [2.45, 2.75) is 30.4 Å². The molecule has 0 spiro atoms. The Kier molecular flexibility index (Phi) is 5.95. The van der Waals surface area contributed by atoms with E-state index in [1.54, 1.807) is 11.3 Å². The summed E-state index contributed by atoms with van der Waals surface area (Å²) in [5.74, 6) is -0.172. The number of aromatic nitrogens is 4. The molecule has 0 radical (unpaired) electrons. The number of hydrogen-bond donors (Lipinski definition) is 0. The zero-order valence-corrected chi connectivity index (χ0v) is 17.1. The molecule has 0 N–H and O–H groups in total. The fraction of sp³-hybridized carbons (Fsp3) is 0.333. The Bertz CT molecular complexity index is 992. The monoisotopic (exact) mass is 455 g/mol. The van der Waals surface area contributed by atoms with Gasteiger partial charge in [0, 0.05) is 11.4 Å². The van der Waals surface area contributed by atoms with Crippen LogP contribution in [0.1, 0.15) is 23.8 Å². The lowest BCUT2D eigenvalue weighted by molar-refractivity contribution is -0.274. The van der Waals surface area contributed by atoms with Crippen molar-refractivity contribution >= 4 is 29.0 Å². The van der Waals surface area contributed by atoms with E-state index in [9.17, 15) is 18.0 Å². The molecule has 1 aliphatic heterocycles. The Morgan fingerprint density at radius 3 is 2.77 bits per heavy atom. The summed E-state index contributed by atoms with van der Waals surface area (Å²) < 4.78 is 42.1. The van der Waals surface area contributed by atoms with Crippen LogP contribution in [-0.2, 0) is 4.79 Å². The van der Waals surface area contributed by atoms with Gasteiger partial charge in [0.15, 0.2) is 0 Å². The van der Waals surface area contributed by atoms with E-state index in [1.165, 1.54) is 45.6 Å². The van der Waals surface area contributed by atoms with Crippen LogP contribution in [0.4, 0.5) is 13.2 Å². The number of amides is 1. The second kappa shape index (κ2) is 8.64. The molecule has 1 aliphatic rings. The highest BCUT2D eigenvalue weighted by Gasteiger charge is 2.32. The highest BCUT2D eigenvalue weighted by molar-refractivity contribution is 7.99. The second-order valence-electron chi connectivity index (χ2n) is 6.46. The van der Waals surface area contributed by atoms with Crippen molar-refractivity contribution in [1.29, 1.82) is 0 Å². The highest BCUT2D eigenvalue weighted by atomic mass is 32.2. The van der Waals surface area contributed by atoms with Crippen molar-refractivity contribution in [2.75, 3.05) is 12.3 Å². The van der Waals surface area contributed by atoms with E-state index in [1.807, 2.05) is 22.4 Å². The van der Waals surface area contributed by atoms with E-state index in [0.717, 1.165) is 12.8 Å². The van der Waals surface area contributed by atoms with Gasteiger partial charge in [0.1, 0.15) is 5.75 Å². The molecular weight excluding hydrogens is 439 g/mol. The van der Waals surface area contributed by atoms with Gasteiger partial charge < -0.3 is 9.64 Å². The van der Waals surface area contributed by atoms with Crippen LogP contribution in [0.5, 0.6) is 5.75 Å². The Balaban J connectivity index is 1.41. The lowest BCUT2D eigenvalue weighted by Gasteiger charge is -2.23. The average molecular weight is 455 g/mol. The maximum atomic E-state index is 12.8. The van der Waals surface area contributed by atoms with E-state index in [4.69, 9.17) is 0 Å². The van der Waals surface area contributed by atoms with Gasteiger partial charge >= 0.3 is 6.36 Å². The summed E-state index contributed by atoms with van der Waals surface area (Å²) in [5.41, 5.74) is 0.460. The fourth-order valence-corrected chi connectivity index (χ4v) is 4.92. The van der Waals surface area contributed by atoms with Gasteiger partial charge in [0.25, 0.3) is 0 Å². The number of thioether (sulfide) groups is 1. The minimum absolute atomic E-state index is 0.000579. The fourth-order valence-electron chi connectivity index (χ4n) is 3.27. The van der Waals surface area contributed by atoms with Gasteiger partial charge in [-0.1, -0.05) is 17.8 Å². The molecule has 1 fully saturated rings. The summed E-state index contributed by atoms with van der Waals surface area (Å²) in [7, 11) is 0. The van der Waals surface area contributed by atoms with Crippen molar-refractivity contribution < 1.29 is 22.7 Å². The molecule has 3 aromatic rings. The number of hydrogen-bond acceptors (Lipinski definition) is 7. The average Bonchev–Trinajstić information content (AvgIpc) is 3.46. The lowest BCUT2D eigenvalue weighted by atomic mass is 10.2. The highest BCUT2D eigenvalue weighted by Crippen LogP contribution is 2.35. The molecule has 4 rings (SSSR count). The van der Waals surface area contributed by atoms with Crippen molar-refractivity contribution in [3.05, 3.63) is 46.7 Å². The second-order valence-corrected chi connectivity index (χ2v) is 8.39. The van der Waals surface area contributed by atoms with Gasteiger partial charge in [-0.05, 0) is 59.0 Å². The molecule has 0 saturated carbocycles. The van der Waals surface area contributed by atoms with E-state index in [-0.39, 0.29) is 23.5 Å². The molecule has 3 heterocycles. The first-order chi connectivity index (χ1) is 14.4. The van der Waals surface area contributed by atoms with E-state index < -0.39 is 6.36 Å². The number of benzene rings is 1. The molecule has 30 heavy (non-hydrogen) atoms. The summed E-state index contributed by atoms with van der Waals surface area (Å²) in [4.78, 5) is 15.8. The normalized spacial score (nSPS) is 16.8. The lowest BCUT2D eigenvalue weighted by Crippen LogP contribution is -2.31. The number of carbonyl (C=O) groups excluding carboxylic acids is 1. The van der Waals surface area contributed by atoms with Crippen LogP contribution in [0.25, 0.3) is 5.69 Å². The van der Waals surface area contributed by atoms with Crippen LogP contribution in [0.3, 0.4) is 0 Å². The molecule has 1 aromatic carbocycles. The third-order valence-corrected chi connectivity index (χ3v) is 6.40. The van der Waals surface area contributed by atoms with Crippen molar-refractivity contribution in [3.63, 3.8) is 0 Å². The summed E-state index contributed by atoms with van der Waals surface area (Å²) in [6, 6.07) is 9.32. The van der Waals surface area contributed by atoms with Crippen LogP contribution in [0.2, 0.25) is 0 Å². The third kappa shape index (κ3) is 4.75. The predicted molar refractivity (Wildman–Crippen MR) is 105 cm³/mol. The quantitative estimate of drug-likeness (QED) is 0.522. The zero-order valence-electron chi connectivity index (χ0n) is 15.5. The maximum absolute atomic E-state index is 12.8. The summed E-state index contributed by atoms with van der Waals surface area (Å²) in [6.45, 7) is 0.716. The maximum Gasteiger partial charge on any atom is 0.573 e. The molecule has 0 bridgehead atoms. The molecular formula is C18H16F3N5O2S2. The molecule has 1 saturated heterocycles. The molecule has 1 amide bonds. The number of thiophene rings is 1. The summed E-state index contributed by atoms with van der Waals surface area (Å²) in [5, 5.41) is 13.8. The van der Waals surface area contributed by atoms with Crippen LogP contribution in [-0.4, -0.2) is 49.7 Å². The molecule has 2 aromatic heterocycles. The number of halogens is 3. The van der Waals surface area contributed by atoms with Crippen molar-refractivity contribution in [2.24, 2.45) is 0 Å². The third-order valence-electron chi connectivity index (χ3n) is 4.53. The first kappa shape index (κ1) is 20.7. The Hall–Kier alpha value is -2.60. The first-order valence-corrected chi connectivity index (χ1v) is 10.9. The first-order valence-electron chi connectivity index (χ1n) is 9.01. The van der Waals surface area contributed by atoms with Crippen LogP contribution >= 0.6 is 23.1 Å². The van der Waals surface area contributed by atoms with E-state index in [0.29, 0.717) is 17.4 Å². The molecule has 7 nitrogen and oxygen atoms in total. The molecule has 12 heteroatoms. The number of ether oxygens (including phenoxy) is 1. The smallest absolute Gasteiger partial charge is 0.406 e. The Morgan fingerprint density at radius 1 is 1.27 bits per heavy atom. The van der Waals surface area contributed by atoms with Crippen LogP contribution in [0.15, 0.2) is 46.9 Å². The van der Waals surface area contributed by atoms with Gasteiger partial charge in [-0.3, -0.25) is 4.79 Å². The topological polar surface area (TPSA) is 73.1 Å². The van der Waals surface area contributed by atoms with Crippen molar-refractivity contribution in [1.82, 2.24) is 25.1 Å². The van der Waals surface area contributed by atoms with Crippen LogP contribution < -0.4 is 4.74 Å². The molecule has 158 valence electrons. The predicted octanol–water partition coefficient (Wildman–Crippen LogP) is 4.08. The molecule has 1 atom stereocenters. The van der Waals surface area contributed by atoms with Gasteiger partial charge in [0.2, 0.25) is 11.1 Å². The number of likely N-dealkylation sites (tertiary alicyclic amines) is 1. The summed E-state index contributed by atoms with van der Waals surface area (Å²) >= 11 is 2.83. The summed E-state index contributed by atoms with van der Waals surface area (Å²) in [6.07, 6.45) is -2.85. The number of alkyl halides is 3. The molecule has 0 unspecified atom stereocenters. The number of rotatable bonds is 6. The van der Waals surface area contributed by atoms with Crippen LogP contribution in [0, 0.1) is 0 Å². The van der Waals surface area contributed by atoms with E-state index >= 15 is 0 Å². The van der Waals surface area contributed by atoms with Gasteiger partial charge in [-0.25, -0.2) is 0 Å². The largest absolute Gasteiger partial charge is 0.573 e. The van der Waals surface area contributed by atoms with Gasteiger partial charge in [-0.2, -0.15) is 4.68 Å². The van der Waals surface area contributed by atoms with Gasteiger partial charge in [-0.15, -0.1) is 29.6 Å². The minimum Gasteiger partial charge on any atom is -0.406 e. The Morgan fingerprint density at radius 2 is 2.07 bits per heavy atom. The van der Waals surface area contributed by atoms with Crippen molar-refractivity contribution in [3.8, 4) is 11.4 Å². The molecule has 0 aliphatic carbocycles. The number of nitrogens with zero attached hydrogens (tertiary/aromatic N) is 5. The minimum atomic E-state index is -4.76. The standard InChI is InChI=1S/C18H16F3N5O2S2/c19-18(20,21)28-13-7-5-12(6-8-13)26-17(22-23-24-26)30-11-16(27)25-9-1-3-14(25)15-4-2-10-29-15/h2,4-8,10,14H,1,3,9,11H2/t14-/m1/s1. The zero-order chi connectivity index (χ0) is 21.1. The van der Waals surface area contributed by atoms with E-state index in [2.05, 4.69) is 20.3 Å². The van der Waals surface area contributed by atoms with Gasteiger partial charge in [0.05, 0.1) is 17.5 Å². The number of carbonyl (C=O) groups is 1. The number of tetrazole rings is 1. The SMILES string of the molecule is O=C(CSc1nnnn1-c1ccc(OC(F)(F)F)cc1)N1CCC[C@@H]1c1cccs1. The Labute approximate surface area is 177 Å².